The van der Waals surface area contributed by atoms with Crippen molar-refractivity contribution in [2.24, 2.45) is 0 Å². The highest BCUT2D eigenvalue weighted by molar-refractivity contribution is 6.02. The second-order valence-corrected chi connectivity index (χ2v) is 7.21. The van der Waals surface area contributed by atoms with Gasteiger partial charge in [0.25, 0.3) is 5.91 Å². The van der Waals surface area contributed by atoms with Crippen molar-refractivity contribution in [1.29, 1.82) is 0 Å². The first-order valence-corrected chi connectivity index (χ1v) is 10.3. The van der Waals surface area contributed by atoms with Crippen molar-refractivity contribution in [3.63, 3.8) is 0 Å². The van der Waals surface area contributed by atoms with E-state index >= 15 is 0 Å². The fourth-order valence-corrected chi connectivity index (χ4v) is 3.42. The van der Waals surface area contributed by atoms with Gasteiger partial charge in [-0.05, 0) is 67.8 Å². The molecule has 0 atom stereocenters. The van der Waals surface area contributed by atoms with Crippen molar-refractivity contribution in [3.05, 3.63) is 65.7 Å². The van der Waals surface area contributed by atoms with E-state index in [1.807, 2.05) is 31.2 Å². The zero-order chi connectivity index (χ0) is 20.5. The summed E-state index contributed by atoms with van der Waals surface area (Å²) in [6, 6.07) is 14.8. The van der Waals surface area contributed by atoms with Crippen LogP contribution < -0.4 is 15.4 Å². The fourth-order valence-electron chi connectivity index (χ4n) is 3.42. The van der Waals surface area contributed by atoms with Crippen molar-refractivity contribution < 1.29 is 14.3 Å². The Morgan fingerprint density at radius 1 is 1.00 bits per heavy atom. The molecule has 1 saturated carbocycles. The Kier molecular flexibility index (Phi) is 7.45. The molecule has 29 heavy (non-hydrogen) atoms. The molecule has 2 N–H and O–H groups in total. The molecule has 0 aliphatic heterocycles. The molecule has 0 radical (unpaired) electrons. The number of carbonyl (C=O) groups is 2. The number of amides is 2. The summed E-state index contributed by atoms with van der Waals surface area (Å²) in [6.07, 6.45) is 8.96. The van der Waals surface area contributed by atoms with Crippen molar-refractivity contribution in [3.8, 4) is 5.75 Å². The molecule has 0 bridgehead atoms. The van der Waals surface area contributed by atoms with E-state index < -0.39 is 0 Å². The third-order valence-corrected chi connectivity index (χ3v) is 4.97. The summed E-state index contributed by atoms with van der Waals surface area (Å²) in [5.74, 6) is 0.533. The number of hydrogen-bond acceptors (Lipinski definition) is 3. The van der Waals surface area contributed by atoms with Gasteiger partial charge in [-0.25, -0.2) is 0 Å². The van der Waals surface area contributed by atoms with E-state index in [1.165, 1.54) is 25.3 Å². The first kappa shape index (κ1) is 20.6. The van der Waals surface area contributed by atoms with Crippen LogP contribution in [0.25, 0.3) is 6.08 Å². The normalized spacial score (nSPS) is 14.5. The first-order valence-electron chi connectivity index (χ1n) is 10.3. The lowest BCUT2D eigenvalue weighted by molar-refractivity contribution is -0.111. The van der Waals surface area contributed by atoms with Gasteiger partial charge in [0, 0.05) is 23.4 Å². The highest BCUT2D eigenvalue weighted by Crippen LogP contribution is 2.18. The Morgan fingerprint density at radius 3 is 2.34 bits per heavy atom. The minimum Gasteiger partial charge on any atom is -0.494 e. The average Bonchev–Trinajstić information content (AvgIpc) is 2.75. The van der Waals surface area contributed by atoms with Crippen molar-refractivity contribution in [1.82, 2.24) is 5.32 Å². The molecule has 2 aromatic carbocycles. The monoisotopic (exact) mass is 392 g/mol. The molecule has 1 fully saturated rings. The number of nitrogens with one attached hydrogen (secondary N) is 2. The van der Waals surface area contributed by atoms with Crippen LogP contribution >= 0.6 is 0 Å². The van der Waals surface area contributed by atoms with E-state index in [4.69, 9.17) is 4.74 Å². The van der Waals surface area contributed by atoms with Gasteiger partial charge < -0.3 is 15.4 Å². The zero-order valence-electron chi connectivity index (χ0n) is 16.8. The molecule has 1 aliphatic carbocycles. The second kappa shape index (κ2) is 10.5. The predicted octanol–water partition coefficient (Wildman–Crippen LogP) is 4.80. The Balaban J connectivity index is 1.50. The highest BCUT2D eigenvalue weighted by atomic mass is 16.5. The SMILES string of the molecule is CCOc1ccc(/C=C/C(=O)Nc2ccc(C(=O)NC3CCCCC3)cc2)cc1. The molecule has 0 unspecified atom stereocenters. The number of ether oxygens (including phenoxy) is 1. The molecule has 0 aromatic heterocycles. The van der Waals surface area contributed by atoms with Gasteiger partial charge in [0.05, 0.1) is 6.61 Å². The van der Waals surface area contributed by atoms with E-state index in [-0.39, 0.29) is 17.9 Å². The molecule has 0 spiro atoms. The smallest absolute Gasteiger partial charge is 0.251 e. The van der Waals surface area contributed by atoms with Gasteiger partial charge in [0.2, 0.25) is 5.91 Å². The molecule has 0 saturated heterocycles. The van der Waals surface area contributed by atoms with Crippen molar-refractivity contribution >= 4 is 23.6 Å². The number of benzene rings is 2. The van der Waals surface area contributed by atoms with Gasteiger partial charge in [0.1, 0.15) is 5.75 Å². The summed E-state index contributed by atoms with van der Waals surface area (Å²) >= 11 is 0. The maximum absolute atomic E-state index is 12.4. The summed E-state index contributed by atoms with van der Waals surface area (Å²) < 4.78 is 5.40. The summed E-state index contributed by atoms with van der Waals surface area (Å²) in [7, 11) is 0. The largest absolute Gasteiger partial charge is 0.494 e. The molecular weight excluding hydrogens is 364 g/mol. The average molecular weight is 392 g/mol. The van der Waals surface area contributed by atoms with E-state index in [1.54, 1.807) is 30.3 Å². The van der Waals surface area contributed by atoms with E-state index in [0.29, 0.717) is 17.9 Å². The summed E-state index contributed by atoms with van der Waals surface area (Å²) in [5.41, 5.74) is 2.18. The van der Waals surface area contributed by atoms with Crippen LogP contribution in [-0.4, -0.2) is 24.5 Å². The molecule has 2 aromatic rings. The number of carbonyl (C=O) groups excluding carboxylic acids is 2. The lowest BCUT2D eigenvalue weighted by Gasteiger charge is -2.22. The molecule has 5 heteroatoms. The first-order chi connectivity index (χ1) is 14.1. The minimum absolute atomic E-state index is 0.0508. The summed E-state index contributed by atoms with van der Waals surface area (Å²) in [5, 5.41) is 5.91. The standard InChI is InChI=1S/C24H28N2O3/c1-2-29-22-15-8-18(9-16-22)10-17-23(27)25-21-13-11-19(12-14-21)24(28)26-20-6-4-3-5-7-20/h8-17,20H,2-7H2,1H3,(H,25,27)(H,26,28)/b17-10+. The quantitative estimate of drug-likeness (QED) is 0.665. The maximum atomic E-state index is 12.4. The van der Waals surface area contributed by atoms with E-state index in [9.17, 15) is 9.59 Å². The lowest BCUT2D eigenvalue weighted by atomic mass is 9.95. The second-order valence-electron chi connectivity index (χ2n) is 7.21. The van der Waals surface area contributed by atoms with Gasteiger partial charge in [-0.15, -0.1) is 0 Å². The van der Waals surface area contributed by atoms with Crippen molar-refractivity contribution in [2.45, 2.75) is 45.1 Å². The Morgan fingerprint density at radius 2 is 1.69 bits per heavy atom. The zero-order valence-corrected chi connectivity index (χ0v) is 16.8. The van der Waals surface area contributed by atoms with E-state index in [0.717, 1.165) is 24.2 Å². The summed E-state index contributed by atoms with van der Waals surface area (Å²) in [6.45, 7) is 2.56. The molecule has 152 valence electrons. The van der Waals surface area contributed by atoms with E-state index in [2.05, 4.69) is 10.6 Å². The third-order valence-electron chi connectivity index (χ3n) is 4.97. The Labute approximate surface area is 172 Å². The van der Waals surface area contributed by atoms with Crippen molar-refractivity contribution in [2.75, 3.05) is 11.9 Å². The number of rotatable bonds is 7. The molecule has 3 rings (SSSR count). The number of hydrogen-bond donors (Lipinski definition) is 2. The van der Waals surface area contributed by atoms with Crippen LogP contribution in [0.3, 0.4) is 0 Å². The third kappa shape index (κ3) is 6.49. The van der Waals surface area contributed by atoms with Gasteiger partial charge in [-0.1, -0.05) is 31.4 Å². The fraction of sp³-hybridized carbons (Fsp3) is 0.333. The predicted molar refractivity (Wildman–Crippen MR) is 116 cm³/mol. The Hall–Kier alpha value is -3.08. The van der Waals surface area contributed by atoms with Crippen LogP contribution in [0.5, 0.6) is 5.75 Å². The van der Waals surface area contributed by atoms with Gasteiger partial charge in [-0.2, -0.15) is 0 Å². The van der Waals surface area contributed by atoms with Crippen LogP contribution in [0.4, 0.5) is 5.69 Å². The topological polar surface area (TPSA) is 67.4 Å². The van der Waals surface area contributed by atoms with Gasteiger partial charge in [0.15, 0.2) is 0 Å². The minimum atomic E-state index is -0.224. The molecular formula is C24H28N2O3. The molecule has 2 amide bonds. The summed E-state index contributed by atoms with van der Waals surface area (Å²) in [4.78, 5) is 24.5. The van der Waals surface area contributed by atoms with Gasteiger partial charge >= 0.3 is 0 Å². The molecule has 0 heterocycles. The van der Waals surface area contributed by atoms with Gasteiger partial charge in [-0.3, -0.25) is 9.59 Å². The van der Waals surface area contributed by atoms with Crippen LogP contribution in [0.1, 0.15) is 54.9 Å². The number of anilines is 1. The highest BCUT2D eigenvalue weighted by Gasteiger charge is 2.16. The van der Waals surface area contributed by atoms with Crippen LogP contribution in [0, 0.1) is 0 Å². The lowest BCUT2D eigenvalue weighted by Crippen LogP contribution is -2.36. The molecule has 1 aliphatic rings. The van der Waals surface area contributed by atoms with Crippen LogP contribution in [0.2, 0.25) is 0 Å². The van der Waals surface area contributed by atoms with Crippen LogP contribution in [0.15, 0.2) is 54.6 Å². The van der Waals surface area contributed by atoms with Crippen LogP contribution in [-0.2, 0) is 4.79 Å². The Bertz CT molecular complexity index is 835. The molecule has 5 nitrogen and oxygen atoms in total. The maximum Gasteiger partial charge on any atom is 0.251 e.